The average molecular weight is 250 g/mol. The van der Waals surface area contributed by atoms with Gasteiger partial charge in [0.2, 0.25) is 5.91 Å². The molecule has 0 saturated carbocycles. The Balaban J connectivity index is 2.55. The zero-order valence-corrected chi connectivity index (χ0v) is 10.0. The summed E-state index contributed by atoms with van der Waals surface area (Å²) in [6, 6.07) is -1.14. The van der Waals surface area contributed by atoms with Crippen LogP contribution in [0.2, 0.25) is 0 Å². The van der Waals surface area contributed by atoms with Crippen LogP contribution in [0.5, 0.6) is 0 Å². The van der Waals surface area contributed by atoms with Gasteiger partial charge >= 0.3 is 5.97 Å². The molecule has 1 rings (SSSR count). The van der Waals surface area contributed by atoms with Gasteiger partial charge < -0.3 is 15.8 Å². The standard InChI is InChI=1S/C8H14N2O3S2/c1-2-13-8(12)6-4-15-14-3-5(9)7(11)10-6/h5-6H,2-4,9H2,1H3,(H,10,11)/t5-,6+/m0/s1. The summed E-state index contributed by atoms with van der Waals surface area (Å²) in [4.78, 5) is 22.8. The minimum atomic E-state index is -0.582. The third kappa shape index (κ3) is 3.92. The molecular weight excluding hydrogens is 236 g/mol. The Kier molecular flexibility index (Phi) is 5.27. The third-order valence-corrected chi connectivity index (χ3v) is 4.24. The summed E-state index contributed by atoms with van der Waals surface area (Å²) < 4.78 is 4.84. The van der Waals surface area contributed by atoms with Gasteiger partial charge in [-0.1, -0.05) is 21.6 Å². The number of hydrogen-bond acceptors (Lipinski definition) is 6. The zero-order chi connectivity index (χ0) is 11.3. The third-order valence-electron chi connectivity index (χ3n) is 1.79. The molecule has 0 aromatic rings. The van der Waals surface area contributed by atoms with E-state index in [1.54, 1.807) is 6.92 Å². The molecule has 3 N–H and O–H groups in total. The Morgan fingerprint density at radius 1 is 1.60 bits per heavy atom. The lowest BCUT2D eigenvalue weighted by atomic mass is 10.3. The first kappa shape index (κ1) is 12.7. The van der Waals surface area contributed by atoms with Crippen molar-refractivity contribution in [2.75, 3.05) is 18.1 Å². The maximum atomic E-state index is 11.4. The second-order valence-corrected chi connectivity index (χ2v) is 5.54. The first-order valence-electron chi connectivity index (χ1n) is 4.62. The molecule has 1 fully saturated rings. The van der Waals surface area contributed by atoms with Gasteiger partial charge in [0.05, 0.1) is 12.6 Å². The lowest BCUT2D eigenvalue weighted by Crippen LogP contribution is -2.51. The van der Waals surface area contributed by atoms with E-state index in [-0.39, 0.29) is 5.91 Å². The molecule has 0 aromatic carbocycles. The fourth-order valence-electron chi connectivity index (χ4n) is 1.00. The number of nitrogens with one attached hydrogen (secondary N) is 1. The molecule has 0 aromatic heterocycles. The number of nitrogens with two attached hydrogens (primary N) is 1. The summed E-state index contributed by atoms with van der Waals surface area (Å²) in [5.74, 6) is 0.391. The first-order chi connectivity index (χ1) is 7.15. The summed E-state index contributed by atoms with van der Waals surface area (Å²) in [7, 11) is 3.02. The van der Waals surface area contributed by atoms with Crippen LogP contribution in [0.4, 0.5) is 0 Å². The first-order valence-corrected chi connectivity index (χ1v) is 7.11. The number of hydrogen-bond donors (Lipinski definition) is 2. The van der Waals surface area contributed by atoms with E-state index in [0.717, 1.165) is 0 Å². The Morgan fingerprint density at radius 3 is 2.93 bits per heavy atom. The lowest BCUT2D eigenvalue weighted by molar-refractivity contribution is -0.146. The number of amides is 1. The van der Waals surface area contributed by atoms with E-state index < -0.39 is 18.1 Å². The number of carbonyl (C=O) groups is 2. The maximum absolute atomic E-state index is 11.4. The highest BCUT2D eigenvalue weighted by atomic mass is 33.1. The summed E-state index contributed by atoms with van der Waals surface area (Å²) in [5, 5.41) is 2.58. The van der Waals surface area contributed by atoms with Crippen LogP contribution in [0.15, 0.2) is 0 Å². The van der Waals surface area contributed by atoms with Crippen LogP contribution in [-0.2, 0) is 14.3 Å². The van der Waals surface area contributed by atoms with E-state index in [9.17, 15) is 9.59 Å². The predicted octanol–water partition coefficient (Wildman–Crippen LogP) is -0.243. The van der Waals surface area contributed by atoms with E-state index in [1.165, 1.54) is 21.6 Å². The van der Waals surface area contributed by atoms with E-state index in [2.05, 4.69) is 5.32 Å². The average Bonchev–Trinajstić information content (AvgIpc) is 2.19. The molecule has 0 aliphatic carbocycles. The second kappa shape index (κ2) is 6.24. The number of carbonyl (C=O) groups excluding carboxylic acids is 2. The molecule has 15 heavy (non-hydrogen) atoms. The monoisotopic (exact) mass is 250 g/mol. The maximum Gasteiger partial charge on any atom is 0.329 e. The number of esters is 1. The Hall–Kier alpha value is -0.400. The largest absolute Gasteiger partial charge is 0.464 e. The van der Waals surface area contributed by atoms with Gasteiger partial charge in [-0.3, -0.25) is 4.79 Å². The van der Waals surface area contributed by atoms with Gasteiger partial charge in [0.15, 0.2) is 0 Å². The van der Waals surface area contributed by atoms with Crippen molar-refractivity contribution in [1.82, 2.24) is 5.32 Å². The molecule has 1 aliphatic heterocycles. The van der Waals surface area contributed by atoms with Crippen LogP contribution in [0.3, 0.4) is 0 Å². The molecule has 1 heterocycles. The molecule has 1 amide bonds. The van der Waals surface area contributed by atoms with Crippen molar-refractivity contribution >= 4 is 33.5 Å². The van der Waals surface area contributed by atoms with Crippen molar-refractivity contribution in [3.05, 3.63) is 0 Å². The van der Waals surface area contributed by atoms with Gasteiger partial charge in [-0.15, -0.1) is 0 Å². The van der Waals surface area contributed by atoms with Crippen LogP contribution < -0.4 is 11.1 Å². The minimum Gasteiger partial charge on any atom is -0.464 e. The molecule has 2 atom stereocenters. The van der Waals surface area contributed by atoms with Crippen molar-refractivity contribution in [2.24, 2.45) is 5.73 Å². The summed E-state index contributed by atoms with van der Waals surface area (Å²) in [5.41, 5.74) is 5.59. The van der Waals surface area contributed by atoms with Gasteiger partial charge in [-0.2, -0.15) is 0 Å². The Labute approximate surface area is 96.3 Å². The molecule has 0 unspecified atom stereocenters. The topological polar surface area (TPSA) is 81.4 Å². The van der Waals surface area contributed by atoms with Gasteiger partial charge in [0.1, 0.15) is 6.04 Å². The van der Waals surface area contributed by atoms with Crippen molar-refractivity contribution in [1.29, 1.82) is 0 Å². The van der Waals surface area contributed by atoms with Crippen molar-refractivity contribution < 1.29 is 14.3 Å². The summed E-state index contributed by atoms with van der Waals surface area (Å²) in [6.45, 7) is 2.05. The van der Waals surface area contributed by atoms with E-state index >= 15 is 0 Å². The van der Waals surface area contributed by atoms with Crippen molar-refractivity contribution in [3.8, 4) is 0 Å². The number of rotatable bonds is 2. The molecule has 0 spiro atoms. The second-order valence-electron chi connectivity index (χ2n) is 2.99. The highest BCUT2D eigenvalue weighted by molar-refractivity contribution is 8.76. The van der Waals surface area contributed by atoms with Gasteiger partial charge in [-0.05, 0) is 6.92 Å². The van der Waals surface area contributed by atoms with Crippen molar-refractivity contribution in [2.45, 2.75) is 19.0 Å². The SMILES string of the molecule is CCOC(=O)[C@H]1CSSC[C@H](N)C(=O)N1. The number of ether oxygens (including phenoxy) is 1. The normalized spacial score (nSPS) is 27.5. The quantitative estimate of drug-likeness (QED) is 0.520. The van der Waals surface area contributed by atoms with Crippen LogP contribution in [-0.4, -0.2) is 42.1 Å². The highest BCUT2D eigenvalue weighted by Gasteiger charge is 2.27. The van der Waals surface area contributed by atoms with Crippen LogP contribution in [0.25, 0.3) is 0 Å². The van der Waals surface area contributed by atoms with Crippen molar-refractivity contribution in [3.63, 3.8) is 0 Å². The molecule has 1 saturated heterocycles. The fraction of sp³-hybridized carbons (Fsp3) is 0.750. The summed E-state index contributed by atoms with van der Waals surface area (Å²) in [6.07, 6.45) is 0. The van der Waals surface area contributed by atoms with Crippen LogP contribution in [0, 0.1) is 0 Å². The molecule has 7 heteroatoms. The van der Waals surface area contributed by atoms with E-state index in [1.807, 2.05) is 0 Å². The van der Waals surface area contributed by atoms with Gasteiger partial charge in [0, 0.05) is 11.5 Å². The molecule has 5 nitrogen and oxygen atoms in total. The Bertz CT molecular complexity index is 250. The van der Waals surface area contributed by atoms with Crippen LogP contribution >= 0.6 is 21.6 Å². The molecule has 1 aliphatic rings. The Morgan fingerprint density at radius 2 is 2.27 bits per heavy atom. The summed E-state index contributed by atoms with van der Waals surface area (Å²) >= 11 is 0. The minimum absolute atomic E-state index is 0.291. The van der Waals surface area contributed by atoms with E-state index in [4.69, 9.17) is 10.5 Å². The fourth-order valence-corrected chi connectivity index (χ4v) is 3.27. The molecular formula is C8H14N2O3S2. The highest BCUT2D eigenvalue weighted by Crippen LogP contribution is 2.24. The molecule has 0 bridgehead atoms. The van der Waals surface area contributed by atoms with Crippen LogP contribution in [0.1, 0.15) is 6.92 Å². The van der Waals surface area contributed by atoms with Gasteiger partial charge in [0.25, 0.3) is 0 Å². The molecule has 86 valence electrons. The smallest absolute Gasteiger partial charge is 0.329 e. The zero-order valence-electron chi connectivity index (χ0n) is 8.39. The molecule has 0 radical (unpaired) electrons. The lowest BCUT2D eigenvalue weighted by Gasteiger charge is -2.21. The van der Waals surface area contributed by atoms with E-state index in [0.29, 0.717) is 18.1 Å². The predicted molar refractivity (Wildman–Crippen MR) is 61.5 cm³/mol. The van der Waals surface area contributed by atoms with Gasteiger partial charge in [-0.25, -0.2) is 4.79 Å².